The van der Waals surface area contributed by atoms with Crippen molar-refractivity contribution in [2.24, 2.45) is 4.99 Å². The Labute approximate surface area is 278 Å². The van der Waals surface area contributed by atoms with E-state index in [0.29, 0.717) is 34.5 Å². The zero-order chi connectivity index (χ0) is 33.3. The first-order valence-corrected chi connectivity index (χ1v) is 18.0. The second kappa shape index (κ2) is 13.0. The molecule has 0 saturated heterocycles. The number of nitrogens with zero attached hydrogens (tertiary/aromatic N) is 6. The van der Waals surface area contributed by atoms with Gasteiger partial charge >= 0.3 is 0 Å². The van der Waals surface area contributed by atoms with Crippen LogP contribution in [0.4, 0.5) is 11.6 Å². The first kappa shape index (κ1) is 32.5. The summed E-state index contributed by atoms with van der Waals surface area (Å²) in [5, 5.41) is 9.39. The predicted molar refractivity (Wildman–Crippen MR) is 180 cm³/mol. The van der Waals surface area contributed by atoms with Crippen molar-refractivity contribution < 1.29 is 22.5 Å². The summed E-state index contributed by atoms with van der Waals surface area (Å²) in [5.74, 6) is 0.468. The van der Waals surface area contributed by atoms with Gasteiger partial charge in [0.2, 0.25) is 5.88 Å². The van der Waals surface area contributed by atoms with Crippen LogP contribution < -0.4 is 9.62 Å². The molecular formula is C33H37N7O5S2. The highest BCUT2D eigenvalue weighted by Gasteiger charge is 2.49. The Morgan fingerprint density at radius 2 is 1.89 bits per heavy atom. The van der Waals surface area contributed by atoms with Crippen LogP contribution in [0.2, 0.25) is 0 Å². The molecule has 47 heavy (non-hydrogen) atoms. The van der Waals surface area contributed by atoms with Crippen molar-refractivity contribution in [2.75, 3.05) is 16.7 Å². The summed E-state index contributed by atoms with van der Waals surface area (Å²) >= 11 is 1.06. The smallest absolute Gasteiger partial charge is 0.279 e. The second-order valence-corrected chi connectivity index (χ2v) is 14.4. The highest BCUT2D eigenvalue weighted by atomic mass is 32.2. The standard InChI is InChI=1S/C33H37N7O5S2/c1-5-6-13-29-34-33(16-9-10-17-33)32(42)40(29)19-23-14-15-24(27(18-23)39(4)31(41)26-20-46-38-35-26)25-11-7-8-12-28(25)47(43,44)37-30-21(2)22(3)36-45-30/h7-8,11-12,14-15,18,20,37H,5-6,9-10,13,16-17,19H2,1-4H3. The molecule has 14 heteroatoms. The van der Waals surface area contributed by atoms with E-state index in [1.807, 2.05) is 12.1 Å². The van der Waals surface area contributed by atoms with Gasteiger partial charge < -0.3 is 9.42 Å². The van der Waals surface area contributed by atoms with Crippen molar-refractivity contribution in [3.63, 3.8) is 0 Å². The van der Waals surface area contributed by atoms with Crippen LogP contribution in [0.5, 0.6) is 0 Å². The van der Waals surface area contributed by atoms with Crippen LogP contribution in [0.15, 0.2) is 62.3 Å². The maximum absolute atomic E-state index is 13.9. The van der Waals surface area contributed by atoms with Crippen LogP contribution in [-0.2, 0) is 21.4 Å². The van der Waals surface area contributed by atoms with Crippen molar-refractivity contribution in [3.8, 4) is 11.1 Å². The number of aryl methyl sites for hydroxylation is 1. The number of benzene rings is 2. The van der Waals surface area contributed by atoms with Gasteiger partial charge in [-0.25, -0.2) is 13.1 Å². The topological polar surface area (TPSA) is 151 Å². The van der Waals surface area contributed by atoms with Crippen LogP contribution in [0, 0.1) is 13.8 Å². The Kier molecular flexibility index (Phi) is 8.99. The molecule has 4 aromatic rings. The maximum atomic E-state index is 13.9. The fourth-order valence-corrected chi connectivity index (χ4v) is 7.91. The third kappa shape index (κ3) is 6.19. The van der Waals surface area contributed by atoms with Gasteiger partial charge in [0.1, 0.15) is 11.4 Å². The molecular weight excluding hydrogens is 639 g/mol. The van der Waals surface area contributed by atoms with Gasteiger partial charge in [-0.3, -0.25) is 19.5 Å². The molecule has 1 spiro atoms. The monoisotopic (exact) mass is 675 g/mol. The summed E-state index contributed by atoms with van der Waals surface area (Å²) in [6.45, 7) is 5.84. The molecule has 246 valence electrons. The molecule has 12 nitrogen and oxygen atoms in total. The fourth-order valence-electron chi connectivity index (χ4n) is 6.21. The highest BCUT2D eigenvalue weighted by molar-refractivity contribution is 7.92. The third-order valence-corrected chi connectivity index (χ3v) is 10.9. The van der Waals surface area contributed by atoms with Gasteiger partial charge in [-0.15, -0.1) is 5.10 Å². The zero-order valence-electron chi connectivity index (χ0n) is 26.8. The largest absolute Gasteiger partial charge is 0.337 e. The number of amides is 2. The molecule has 0 radical (unpaired) electrons. The Hall–Kier alpha value is -4.43. The molecule has 1 saturated carbocycles. The maximum Gasteiger partial charge on any atom is 0.279 e. The van der Waals surface area contributed by atoms with E-state index in [1.165, 1.54) is 11.0 Å². The van der Waals surface area contributed by atoms with E-state index in [-0.39, 0.29) is 28.9 Å². The second-order valence-electron chi connectivity index (χ2n) is 12.1. The highest BCUT2D eigenvalue weighted by Crippen LogP contribution is 2.41. The van der Waals surface area contributed by atoms with E-state index in [2.05, 4.69) is 26.4 Å². The first-order valence-electron chi connectivity index (χ1n) is 15.7. The number of unbranched alkanes of at least 4 members (excludes halogenated alkanes) is 1. The van der Waals surface area contributed by atoms with Gasteiger partial charge in [-0.1, -0.05) is 66.2 Å². The van der Waals surface area contributed by atoms with Crippen LogP contribution >= 0.6 is 11.5 Å². The van der Waals surface area contributed by atoms with Gasteiger partial charge in [0.25, 0.3) is 21.8 Å². The van der Waals surface area contributed by atoms with Gasteiger partial charge in [-0.2, -0.15) is 0 Å². The number of carbonyl (C=O) groups is 2. The van der Waals surface area contributed by atoms with Crippen molar-refractivity contribution in [3.05, 3.63) is 70.4 Å². The minimum Gasteiger partial charge on any atom is -0.337 e. The van der Waals surface area contributed by atoms with Crippen molar-refractivity contribution in [1.29, 1.82) is 0 Å². The van der Waals surface area contributed by atoms with E-state index < -0.39 is 21.5 Å². The number of amidine groups is 1. The summed E-state index contributed by atoms with van der Waals surface area (Å²) in [4.78, 5) is 35.7. The average molecular weight is 676 g/mol. The SMILES string of the molecule is CCCCC1=NC2(CCCC2)C(=O)N1Cc1ccc(-c2ccccc2S(=O)(=O)Nc2onc(C)c2C)c(N(C)C(=O)c2csnn2)c1. The minimum atomic E-state index is -4.15. The van der Waals surface area contributed by atoms with E-state index in [0.717, 1.165) is 61.5 Å². The van der Waals surface area contributed by atoms with Gasteiger partial charge in [0.05, 0.1) is 22.8 Å². The number of anilines is 2. The number of carbonyl (C=O) groups excluding carboxylic acids is 2. The zero-order valence-corrected chi connectivity index (χ0v) is 28.4. The summed E-state index contributed by atoms with van der Waals surface area (Å²) < 4.78 is 39.2. The third-order valence-electron chi connectivity index (χ3n) is 8.98. The lowest BCUT2D eigenvalue weighted by Crippen LogP contribution is -2.40. The molecule has 0 bridgehead atoms. The molecule has 6 rings (SSSR count). The first-order chi connectivity index (χ1) is 22.5. The number of hydrogen-bond acceptors (Lipinski definition) is 10. The average Bonchev–Trinajstić information content (AvgIpc) is 3.88. The summed E-state index contributed by atoms with van der Waals surface area (Å²) in [6, 6.07) is 12.1. The van der Waals surface area contributed by atoms with Gasteiger partial charge in [0.15, 0.2) is 5.69 Å². The summed E-state index contributed by atoms with van der Waals surface area (Å²) in [6.07, 6.45) is 6.10. The molecule has 0 unspecified atom stereocenters. The molecule has 1 aliphatic carbocycles. The number of rotatable bonds is 11. The summed E-state index contributed by atoms with van der Waals surface area (Å²) in [5.41, 5.74) is 2.75. The van der Waals surface area contributed by atoms with Crippen molar-refractivity contribution in [1.82, 2.24) is 19.6 Å². The molecule has 2 aliphatic rings. The molecule has 2 aromatic heterocycles. The van der Waals surface area contributed by atoms with Crippen LogP contribution in [0.25, 0.3) is 11.1 Å². The van der Waals surface area contributed by atoms with Crippen LogP contribution in [0.3, 0.4) is 0 Å². The summed E-state index contributed by atoms with van der Waals surface area (Å²) in [7, 11) is -2.53. The van der Waals surface area contributed by atoms with Crippen molar-refractivity contribution >= 4 is 50.8 Å². The molecule has 1 aliphatic heterocycles. The molecule has 2 aromatic carbocycles. The lowest BCUT2D eigenvalue weighted by atomic mass is 9.97. The predicted octanol–water partition coefficient (Wildman–Crippen LogP) is 6.13. The Morgan fingerprint density at radius 3 is 2.57 bits per heavy atom. The lowest BCUT2D eigenvalue weighted by molar-refractivity contribution is -0.131. The lowest BCUT2D eigenvalue weighted by Gasteiger charge is -2.25. The van der Waals surface area contributed by atoms with E-state index in [4.69, 9.17) is 9.52 Å². The normalized spacial score (nSPS) is 15.8. The number of nitrogens with one attached hydrogen (secondary N) is 1. The molecule has 0 atom stereocenters. The molecule has 3 heterocycles. The van der Waals surface area contributed by atoms with E-state index >= 15 is 0 Å². The number of aromatic nitrogens is 3. The molecule has 1 fully saturated rings. The van der Waals surface area contributed by atoms with E-state index in [1.54, 1.807) is 55.4 Å². The number of hydrogen-bond donors (Lipinski definition) is 1. The van der Waals surface area contributed by atoms with E-state index in [9.17, 15) is 18.0 Å². The minimum absolute atomic E-state index is 0.00879. The quantitative estimate of drug-likeness (QED) is 0.199. The number of aliphatic imine (C=N–C) groups is 1. The number of sulfonamides is 1. The molecule has 2 amide bonds. The fraction of sp³-hybridized carbons (Fsp3) is 0.394. The van der Waals surface area contributed by atoms with Crippen LogP contribution in [0.1, 0.15) is 79.2 Å². The Morgan fingerprint density at radius 1 is 1.13 bits per heavy atom. The molecule has 1 N–H and O–H groups in total. The van der Waals surface area contributed by atoms with Gasteiger partial charge in [0, 0.05) is 35.5 Å². The Bertz CT molecular complexity index is 1950. The van der Waals surface area contributed by atoms with Crippen LogP contribution in [-0.4, -0.2) is 58.3 Å². The Balaban J connectivity index is 1.42. The van der Waals surface area contributed by atoms with Gasteiger partial charge in [-0.05, 0) is 62.3 Å². The van der Waals surface area contributed by atoms with Crippen molar-refractivity contribution in [2.45, 2.75) is 82.7 Å².